The monoisotopic (exact) mass is 230 g/mol. The lowest BCUT2D eigenvalue weighted by Crippen LogP contribution is -2.16. The Morgan fingerprint density at radius 1 is 1.35 bits per heavy atom. The van der Waals surface area contributed by atoms with Crippen LogP contribution in [0.15, 0.2) is 36.7 Å². The van der Waals surface area contributed by atoms with Gasteiger partial charge in [-0.25, -0.2) is 4.98 Å². The summed E-state index contributed by atoms with van der Waals surface area (Å²) in [5, 5.41) is 2.68. The number of anilines is 1. The zero-order valence-electron chi connectivity index (χ0n) is 9.31. The SMILES string of the molecule is NCc1ccccc1CC(=O)Nc1ncc[nH]1. The second-order valence-corrected chi connectivity index (χ2v) is 3.64. The predicted molar refractivity (Wildman–Crippen MR) is 65.3 cm³/mol. The van der Waals surface area contributed by atoms with Gasteiger partial charge >= 0.3 is 0 Å². The highest BCUT2D eigenvalue weighted by molar-refractivity contribution is 5.90. The molecule has 5 nitrogen and oxygen atoms in total. The maximum Gasteiger partial charge on any atom is 0.231 e. The Morgan fingerprint density at radius 3 is 2.76 bits per heavy atom. The van der Waals surface area contributed by atoms with E-state index in [1.54, 1.807) is 12.4 Å². The van der Waals surface area contributed by atoms with E-state index in [0.29, 0.717) is 18.9 Å². The Hall–Kier alpha value is -2.14. The molecule has 0 fully saturated rings. The van der Waals surface area contributed by atoms with Gasteiger partial charge in [0.2, 0.25) is 11.9 Å². The van der Waals surface area contributed by atoms with Gasteiger partial charge in [0.15, 0.2) is 0 Å². The van der Waals surface area contributed by atoms with Crippen LogP contribution in [0.3, 0.4) is 0 Å². The third-order valence-corrected chi connectivity index (χ3v) is 2.45. The van der Waals surface area contributed by atoms with Gasteiger partial charge < -0.3 is 10.7 Å². The van der Waals surface area contributed by atoms with Crippen molar-refractivity contribution in [1.29, 1.82) is 0 Å². The van der Waals surface area contributed by atoms with E-state index in [9.17, 15) is 4.79 Å². The molecule has 0 aliphatic carbocycles. The summed E-state index contributed by atoms with van der Waals surface area (Å²) in [6, 6.07) is 7.64. The first-order valence-electron chi connectivity index (χ1n) is 5.35. The number of aromatic amines is 1. The van der Waals surface area contributed by atoms with Crippen molar-refractivity contribution in [3.8, 4) is 0 Å². The van der Waals surface area contributed by atoms with Crippen LogP contribution < -0.4 is 11.1 Å². The molecule has 0 aliphatic heterocycles. The summed E-state index contributed by atoms with van der Waals surface area (Å²) in [4.78, 5) is 18.5. The molecule has 0 spiro atoms. The molecule has 0 aliphatic rings. The van der Waals surface area contributed by atoms with Crippen molar-refractivity contribution >= 4 is 11.9 Å². The average Bonchev–Trinajstić information content (AvgIpc) is 2.82. The van der Waals surface area contributed by atoms with Gasteiger partial charge in [0.05, 0.1) is 6.42 Å². The smallest absolute Gasteiger partial charge is 0.231 e. The number of rotatable bonds is 4. The molecule has 2 aromatic rings. The van der Waals surface area contributed by atoms with Gasteiger partial charge in [-0.1, -0.05) is 24.3 Å². The molecule has 2 rings (SSSR count). The van der Waals surface area contributed by atoms with Gasteiger partial charge in [0.25, 0.3) is 0 Å². The summed E-state index contributed by atoms with van der Waals surface area (Å²) in [5.74, 6) is 0.348. The molecule has 4 N–H and O–H groups in total. The molecule has 5 heteroatoms. The average molecular weight is 230 g/mol. The van der Waals surface area contributed by atoms with Gasteiger partial charge in [-0.15, -0.1) is 0 Å². The molecular weight excluding hydrogens is 216 g/mol. The van der Waals surface area contributed by atoms with E-state index in [1.165, 1.54) is 0 Å². The topological polar surface area (TPSA) is 83.8 Å². The summed E-state index contributed by atoms with van der Waals surface area (Å²) in [6.45, 7) is 0.435. The maximum absolute atomic E-state index is 11.7. The predicted octanol–water partition coefficient (Wildman–Crippen LogP) is 1.05. The normalized spacial score (nSPS) is 10.2. The molecule has 0 saturated carbocycles. The van der Waals surface area contributed by atoms with Crippen LogP contribution in [0.25, 0.3) is 0 Å². The van der Waals surface area contributed by atoms with Crippen molar-refractivity contribution in [3.63, 3.8) is 0 Å². The number of aromatic nitrogens is 2. The molecule has 1 aromatic heterocycles. The van der Waals surface area contributed by atoms with Crippen LogP contribution in [0.1, 0.15) is 11.1 Å². The van der Waals surface area contributed by atoms with E-state index in [2.05, 4.69) is 15.3 Å². The Kier molecular flexibility index (Phi) is 3.52. The molecule has 88 valence electrons. The number of nitrogens with zero attached hydrogens (tertiary/aromatic N) is 1. The lowest BCUT2D eigenvalue weighted by atomic mass is 10.0. The highest BCUT2D eigenvalue weighted by Gasteiger charge is 2.07. The number of amides is 1. The van der Waals surface area contributed by atoms with Crippen molar-refractivity contribution in [2.75, 3.05) is 5.32 Å². The van der Waals surface area contributed by atoms with Crippen LogP contribution in [0.5, 0.6) is 0 Å². The van der Waals surface area contributed by atoms with Gasteiger partial charge in [0.1, 0.15) is 0 Å². The Bertz CT molecular complexity index is 493. The van der Waals surface area contributed by atoms with E-state index in [-0.39, 0.29) is 5.91 Å². The zero-order valence-corrected chi connectivity index (χ0v) is 9.31. The number of imidazole rings is 1. The Morgan fingerprint density at radius 2 is 2.12 bits per heavy atom. The number of benzene rings is 1. The van der Waals surface area contributed by atoms with E-state index < -0.39 is 0 Å². The quantitative estimate of drug-likeness (QED) is 0.734. The molecule has 0 radical (unpaired) electrons. The molecule has 0 unspecified atom stereocenters. The fourth-order valence-corrected chi connectivity index (χ4v) is 1.61. The lowest BCUT2D eigenvalue weighted by molar-refractivity contribution is -0.115. The summed E-state index contributed by atoms with van der Waals surface area (Å²) in [6.07, 6.45) is 3.54. The number of H-pyrrole nitrogens is 1. The second kappa shape index (κ2) is 5.27. The minimum Gasteiger partial charge on any atom is -0.331 e. The Labute approximate surface area is 99.1 Å². The highest BCUT2D eigenvalue weighted by Crippen LogP contribution is 2.09. The van der Waals surface area contributed by atoms with Crippen LogP contribution in [-0.4, -0.2) is 15.9 Å². The molecule has 1 heterocycles. The van der Waals surface area contributed by atoms with Crippen molar-refractivity contribution in [3.05, 3.63) is 47.8 Å². The largest absolute Gasteiger partial charge is 0.331 e. The van der Waals surface area contributed by atoms with Gasteiger partial charge in [-0.2, -0.15) is 0 Å². The van der Waals surface area contributed by atoms with Crippen LogP contribution >= 0.6 is 0 Å². The molecular formula is C12H14N4O. The lowest BCUT2D eigenvalue weighted by Gasteiger charge is -2.06. The molecule has 0 bridgehead atoms. The van der Waals surface area contributed by atoms with E-state index in [0.717, 1.165) is 11.1 Å². The first-order chi connectivity index (χ1) is 8.29. The Balaban J connectivity index is 2.03. The van der Waals surface area contributed by atoms with Crippen molar-refractivity contribution in [2.24, 2.45) is 5.73 Å². The van der Waals surface area contributed by atoms with E-state index in [1.807, 2.05) is 24.3 Å². The zero-order chi connectivity index (χ0) is 12.1. The van der Waals surface area contributed by atoms with Crippen LogP contribution in [0.2, 0.25) is 0 Å². The number of hydrogen-bond donors (Lipinski definition) is 3. The number of nitrogens with one attached hydrogen (secondary N) is 2. The summed E-state index contributed by atoms with van der Waals surface area (Å²) in [7, 11) is 0. The number of carbonyl (C=O) groups is 1. The molecule has 0 atom stereocenters. The first-order valence-corrected chi connectivity index (χ1v) is 5.35. The third-order valence-electron chi connectivity index (χ3n) is 2.45. The minimum atomic E-state index is -0.110. The summed E-state index contributed by atoms with van der Waals surface area (Å²) in [5.41, 5.74) is 7.54. The van der Waals surface area contributed by atoms with Crippen molar-refractivity contribution in [1.82, 2.24) is 9.97 Å². The standard InChI is InChI=1S/C12H14N4O/c13-8-10-4-2-1-3-9(10)7-11(17)16-12-14-5-6-15-12/h1-6H,7-8,13H2,(H2,14,15,16,17). The summed E-state index contributed by atoms with van der Waals surface area (Å²) >= 11 is 0. The number of carbonyl (C=O) groups excluding carboxylic acids is 1. The van der Waals surface area contributed by atoms with Crippen LogP contribution in [0.4, 0.5) is 5.95 Å². The van der Waals surface area contributed by atoms with Crippen LogP contribution in [0, 0.1) is 0 Å². The minimum absolute atomic E-state index is 0.110. The van der Waals surface area contributed by atoms with Gasteiger partial charge in [-0.05, 0) is 11.1 Å². The molecule has 1 amide bonds. The molecule has 0 saturated heterocycles. The molecule has 1 aromatic carbocycles. The fraction of sp³-hybridized carbons (Fsp3) is 0.167. The van der Waals surface area contributed by atoms with E-state index >= 15 is 0 Å². The number of hydrogen-bond acceptors (Lipinski definition) is 3. The summed E-state index contributed by atoms with van der Waals surface area (Å²) < 4.78 is 0. The van der Waals surface area contributed by atoms with Crippen LogP contribution in [-0.2, 0) is 17.8 Å². The fourth-order valence-electron chi connectivity index (χ4n) is 1.61. The van der Waals surface area contributed by atoms with E-state index in [4.69, 9.17) is 5.73 Å². The molecule has 17 heavy (non-hydrogen) atoms. The first kappa shape index (κ1) is 11.3. The number of nitrogens with two attached hydrogens (primary N) is 1. The maximum atomic E-state index is 11.7. The third kappa shape index (κ3) is 2.92. The van der Waals surface area contributed by atoms with Gasteiger partial charge in [0, 0.05) is 18.9 Å². The van der Waals surface area contributed by atoms with Crippen molar-refractivity contribution < 1.29 is 4.79 Å². The highest BCUT2D eigenvalue weighted by atomic mass is 16.1. The van der Waals surface area contributed by atoms with Gasteiger partial charge in [-0.3, -0.25) is 10.1 Å². The van der Waals surface area contributed by atoms with Crippen molar-refractivity contribution in [2.45, 2.75) is 13.0 Å². The second-order valence-electron chi connectivity index (χ2n) is 3.64.